The Hall–Kier alpha value is -0.570. The van der Waals surface area contributed by atoms with E-state index >= 15 is 0 Å². The molecule has 0 saturated carbocycles. The molecule has 0 aromatic rings. The molecule has 12 heavy (non-hydrogen) atoms. The van der Waals surface area contributed by atoms with Gasteiger partial charge in [0.25, 0.3) is 0 Å². The monoisotopic (exact) mass is 174 g/mol. The smallest absolute Gasteiger partial charge is 0.298 e. The van der Waals surface area contributed by atoms with E-state index in [-0.39, 0.29) is 17.5 Å². The van der Waals surface area contributed by atoms with Crippen LogP contribution in [0.2, 0.25) is 0 Å². The van der Waals surface area contributed by atoms with Gasteiger partial charge in [0.1, 0.15) is 5.60 Å². The Kier molecular flexibility index (Phi) is 4.24. The van der Waals surface area contributed by atoms with E-state index in [1.54, 1.807) is 13.8 Å². The topological polar surface area (TPSA) is 35.5 Å². The largest absolute Gasteiger partial charge is 0.344 e. The maximum absolute atomic E-state index is 11.0. The van der Waals surface area contributed by atoms with Gasteiger partial charge >= 0.3 is 5.97 Å². The molecule has 0 bridgehead atoms. The maximum Gasteiger partial charge on any atom is 0.344 e. The van der Waals surface area contributed by atoms with Gasteiger partial charge in [-0.15, -0.1) is 0 Å². The third kappa shape index (κ3) is 4.34. The number of hydrogen-bond donors (Lipinski definition) is 0. The molecule has 3 nitrogen and oxygen atoms in total. The van der Waals surface area contributed by atoms with Crippen molar-refractivity contribution in [3.05, 3.63) is 0 Å². The molecule has 0 aliphatic carbocycles. The van der Waals surface area contributed by atoms with E-state index in [1.165, 1.54) is 0 Å². The summed E-state index contributed by atoms with van der Waals surface area (Å²) in [5.41, 5.74) is -0.384. The summed E-state index contributed by atoms with van der Waals surface area (Å²) in [6, 6.07) is 0. The Labute approximate surface area is 74.0 Å². The third-order valence-electron chi connectivity index (χ3n) is 1.67. The Bertz CT molecular complexity index is 150. The van der Waals surface area contributed by atoms with Crippen LogP contribution in [0.3, 0.4) is 0 Å². The molecular weight excluding hydrogens is 156 g/mol. The first-order valence-electron chi connectivity index (χ1n) is 4.28. The van der Waals surface area contributed by atoms with Crippen LogP contribution < -0.4 is 0 Å². The molecule has 0 amide bonds. The van der Waals surface area contributed by atoms with Gasteiger partial charge in [0, 0.05) is 0 Å². The highest BCUT2D eigenvalue weighted by atomic mass is 17.2. The lowest BCUT2D eigenvalue weighted by atomic mass is 10.1. The molecule has 0 saturated heterocycles. The first-order chi connectivity index (χ1) is 5.39. The number of rotatable bonds is 4. The second kappa shape index (κ2) is 4.45. The van der Waals surface area contributed by atoms with Crippen molar-refractivity contribution >= 4 is 5.97 Å². The molecule has 0 spiro atoms. The molecule has 0 heterocycles. The molecular formula is C9H18O3. The van der Waals surface area contributed by atoms with Crippen molar-refractivity contribution < 1.29 is 14.6 Å². The quantitative estimate of drug-likeness (QED) is 0.484. The lowest BCUT2D eigenvalue weighted by molar-refractivity contribution is -0.327. The average Bonchev–Trinajstić information content (AvgIpc) is 2.00. The van der Waals surface area contributed by atoms with Crippen LogP contribution in [0.25, 0.3) is 0 Å². The lowest BCUT2D eigenvalue weighted by Gasteiger charge is -2.20. The van der Waals surface area contributed by atoms with Gasteiger partial charge < -0.3 is 0 Å². The van der Waals surface area contributed by atoms with Gasteiger partial charge in [0.05, 0.1) is 5.92 Å². The molecule has 0 fully saturated rings. The summed E-state index contributed by atoms with van der Waals surface area (Å²) in [4.78, 5) is 20.5. The van der Waals surface area contributed by atoms with Crippen molar-refractivity contribution in [1.29, 1.82) is 0 Å². The van der Waals surface area contributed by atoms with Gasteiger partial charge in [0.15, 0.2) is 0 Å². The van der Waals surface area contributed by atoms with Gasteiger partial charge in [-0.2, -0.15) is 4.89 Å². The lowest BCUT2D eigenvalue weighted by Crippen LogP contribution is -2.26. The van der Waals surface area contributed by atoms with Gasteiger partial charge in [-0.3, -0.25) is 4.89 Å². The first kappa shape index (κ1) is 11.4. The second-order valence-corrected chi connectivity index (χ2v) is 3.75. The Morgan fingerprint density at radius 3 is 2.25 bits per heavy atom. The van der Waals surface area contributed by atoms with Gasteiger partial charge in [0.2, 0.25) is 0 Å². The molecule has 0 aliphatic heterocycles. The number of carbonyl (C=O) groups excluding carboxylic acids is 1. The summed E-state index contributed by atoms with van der Waals surface area (Å²) in [6.07, 6.45) is 0.804. The molecule has 0 aliphatic rings. The van der Waals surface area contributed by atoms with Crippen LogP contribution in [-0.2, 0) is 14.6 Å². The van der Waals surface area contributed by atoms with Crippen LogP contribution in [0.5, 0.6) is 0 Å². The fourth-order valence-electron chi connectivity index (χ4n) is 0.309. The molecule has 0 aromatic carbocycles. The van der Waals surface area contributed by atoms with Crippen molar-refractivity contribution in [3.8, 4) is 0 Å². The van der Waals surface area contributed by atoms with Crippen molar-refractivity contribution in [2.75, 3.05) is 0 Å². The van der Waals surface area contributed by atoms with Gasteiger partial charge in [-0.05, 0) is 20.3 Å². The summed E-state index contributed by atoms with van der Waals surface area (Å²) in [5, 5.41) is 0. The molecule has 0 atom stereocenters. The molecule has 0 radical (unpaired) electrons. The first-order valence-corrected chi connectivity index (χ1v) is 4.28. The fraction of sp³-hybridized carbons (Fsp3) is 0.889. The Balaban J connectivity index is 3.76. The van der Waals surface area contributed by atoms with Gasteiger partial charge in [-0.25, -0.2) is 4.79 Å². The molecule has 3 heteroatoms. The molecule has 72 valence electrons. The SMILES string of the molecule is CCC(C)(C)OOC(=O)C(C)C. The highest BCUT2D eigenvalue weighted by Crippen LogP contribution is 2.14. The highest BCUT2D eigenvalue weighted by molar-refractivity contribution is 5.70. The van der Waals surface area contributed by atoms with E-state index < -0.39 is 0 Å². The molecule has 0 unspecified atom stereocenters. The van der Waals surface area contributed by atoms with E-state index in [9.17, 15) is 4.79 Å². The van der Waals surface area contributed by atoms with Crippen molar-refractivity contribution in [3.63, 3.8) is 0 Å². The van der Waals surface area contributed by atoms with Crippen LogP contribution in [0.4, 0.5) is 0 Å². The number of hydrogen-bond acceptors (Lipinski definition) is 3. The minimum Gasteiger partial charge on any atom is -0.298 e. The summed E-state index contributed by atoms with van der Waals surface area (Å²) in [7, 11) is 0. The van der Waals surface area contributed by atoms with E-state index in [0.29, 0.717) is 0 Å². The van der Waals surface area contributed by atoms with Crippen LogP contribution >= 0.6 is 0 Å². The highest BCUT2D eigenvalue weighted by Gasteiger charge is 2.20. The predicted octanol–water partition coefficient (Wildman–Crippen LogP) is 2.31. The van der Waals surface area contributed by atoms with Crippen LogP contribution in [0.1, 0.15) is 41.0 Å². The molecule has 0 rings (SSSR count). The molecule has 0 N–H and O–H groups in total. The summed E-state index contributed by atoms with van der Waals surface area (Å²) < 4.78 is 0. The Morgan fingerprint density at radius 2 is 1.92 bits per heavy atom. The zero-order valence-corrected chi connectivity index (χ0v) is 8.51. The van der Waals surface area contributed by atoms with E-state index in [4.69, 9.17) is 4.89 Å². The third-order valence-corrected chi connectivity index (χ3v) is 1.67. The van der Waals surface area contributed by atoms with Gasteiger partial charge in [-0.1, -0.05) is 20.8 Å². The molecule has 0 aromatic heterocycles. The average molecular weight is 174 g/mol. The second-order valence-electron chi connectivity index (χ2n) is 3.75. The standard InChI is InChI=1S/C9H18O3/c1-6-9(4,5)12-11-8(10)7(2)3/h7H,6H2,1-5H3. The van der Waals surface area contributed by atoms with Crippen LogP contribution in [-0.4, -0.2) is 11.6 Å². The van der Waals surface area contributed by atoms with E-state index in [1.807, 2.05) is 20.8 Å². The zero-order valence-electron chi connectivity index (χ0n) is 8.51. The predicted molar refractivity (Wildman–Crippen MR) is 46.4 cm³/mol. The summed E-state index contributed by atoms with van der Waals surface area (Å²) >= 11 is 0. The fourth-order valence-corrected chi connectivity index (χ4v) is 0.309. The van der Waals surface area contributed by atoms with Crippen molar-refractivity contribution in [2.45, 2.75) is 46.6 Å². The maximum atomic E-state index is 11.0. The summed E-state index contributed by atoms with van der Waals surface area (Å²) in [5.74, 6) is -0.464. The normalized spacial score (nSPS) is 11.8. The van der Waals surface area contributed by atoms with Crippen molar-refractivity contribution in [2.24, 2.45) is 5.92 Å². The van der Waals surface area contributed by atoms with Crippen molar-refractivity contribution in [1.82, 2.24) is 0 Å². The van der Waals surface area contributed by atoms with Crippen LogP contribution in [0.15, 0.2) is 0 Å². The van der Waals surface area contributed by atoms with E-state index in [2.05, 4.69) is 4.89 Å². The van der Waals surface area contributed by atoms with Crippen LogP contribution in [0, 0.1) is 5.92 Å². The number of carbonyl (C=O) groups is 1. The van der Waals surface area contributed by atoms with E-state index in [0.717, 1.165) is 6.42 Å². The minimum atomic E-state index is -0.384. The summed E-state index contributed by atoms with van der Waals surface area (Å²) in [6.45, 7) is 9.26. The minimum absolute atomic E-state index is 0.141. The Morgan fingerprint density at radius 1 is 1.42 bits per heavy atom. The zero-order chi connectivity index (χ0) is 9.78.